The van der Waals surface area contributed by atoms with Crippen LogP contribution in [0.25, 0.3) is 0 Å². The monoisotopic (exact) mass is 462 g/mol. The lowest BCUT2D eigenvalue weighted by Gasteiger charge is -2.42. The minimum Gasteiger partial charge on any atom is -0.508 e. The average molecular weight is 463 g/mol. The molecule has 0 fully saturated rings. The zero-order valence-corrected chi connectivity index (χ0v) is 21.7. The molecule has 0 aliphatic heterocycles. The third-order valence-corrected chi connectivity index (χ3v) is 13.5. The first-order valence-electron chi connectivity index (χ1n) is 11.2. The summed E-state index contributed by atoms with van der Waals surface area (Å²) < 4.78 is 19.7. The Kier molecular flexibility index (Phi) is 9.03. The first-order valence-corrected chi connectivity index (χ1v) is 17.2. The Morgan fingerprint density at radius 1 is 0.710 bits per heavy atom. The van der Waals surface area contributed by atoms with Crippen LogP contribution in [0.4, 0.5) is 0 Å². The number of hydrogen-bond acceptors (Lipinski definition) is 5. The summed E-state index contributed by atoms with van der Waals surface area (Å²) in [5.41, 5.74) is -0.0664. The van der Waals surface area contributed by atoms with Gasteiger partial charge < -0.3 is 23.8 Å². The average Bonchev–Trinajstić information content (AvgIpc) is 2.67. The Morgan fingerprint density at radius 2 is 1.10 bits per heavy atom. The van der Waals surface area contributed by atoms with E-state index in [-0.39, 0.29) is 23.0 Å². The molecule has 31 heavy (non-hydrogen) atoms. The van der Waals surface area contributed by atoms with Crippen molar-refractivity contribution < 1.29 is 23.8 Å². The molecule has 0 heterocycles. The Balaban J connectivity index is 2.21. The second-order valence-corrected chi connectivity index (χ2v) is 17.6. The topological polar surface area (TPSA) is 68.2 Å². The fourth-order valence-electron chi connectivity index (χ4n) is 3.87. The van der Waals surface area contributed by atoms with Crippen molar-refractivity contribution in [2.24, 2.45) is 0 Å². The summed E-state index contributed by atoms with van der Waals surface area (Å²) in [5.74, 6) is 1.74. The number of phenolic OH excluding ortho intramolecular Hbond substituents is 2. The Bertz CT molecular complexity index is 758. The minimum absolute atomic E-state index is 0.0332. The number of phenols is 2. The third kappa shape index (κ3) is 7.59. The molecule has 0 saturated heterocycles. The molecule has 2 aromatic carbocycles. The molecule has 5 nitrogen and oxygen atoms in total. The smallest absolute Gasteiger partial charge is 0.217 e. The van der Waals surface area contributed by atoms with E-state index in [0.717, 1.165) is 25.7 Å². The SMILES string of the molecule is CCCC(Oc1cccc(O)c1)[Si](C)(C)O[Si](C)(C)C(CCC)Oc1cccc(O)c1. The lowest BCUT2D eigenvalue weighted by Crippen LogP contribution is -2.60. The van der Waals surface area contributed by atoms with Crippen LogP contribution in [0.3, 0.4) is 0 Å². The van der Waals surface area contributed by atoms with E-state index in [0.29, 0.717) is 11.5 Å². The number of hydrogen-bond donors (Lipinski definition) is 2. The fraction of sp³-hybridized carbons (Fsp3) is 0.500. The predicted molar refractivity (Wildman–Crippen MR) is 131 cm³/mol. The van der Waals surface area contributed by atoms with Gasteiger partial charge in [-0.25, -0.2) is 0 Å². The molecule has 2 atom stereocenters. The van der Waals surface area contributed by atoms with Crippen LogP contribution in [0.5, 0.6) is 23.0 Å². The molecule has 0 bridgehead atoms. The molecule has 2 rings (SSSR count). The van der Waals surface area contributed by atoms with Gasteiger partial charge in [0, 0.05) is 12.1 Å². The fourth-order valence-corrected chi connectivity index (χ4v) is 13.2. The highest BCUT2D eigenvalue weighted by Crippen LogP contribution is 2.31. The van der Waals surface area contributed by atoms with Gasteiger partial charge in [-0.2, -0.15) is 0 Å². The Morgan fingerprint density at radius 3 is 1.42 bits per heavy atom. The molecule has 2 unspecified atom stereocenters. The number of ether oxygens (including phenoxy) is 2. The summed E-state index contributed by atoms with van der Waals surface area (Å²) in [6.45, 7) is 13.1. The van der Waals surface area contributed by atoms with Gasteiger partial charge in [-0.3, -0.25) is 0 Å². The molecule has 0 aliphatic rings. The van der Waals surface area contributed by atoms with E-state index < -0.39 is 16.6 Å². The molecule has 7 heteroatoms. The van der Waals surface area contributed by atoms with Gasteiger partial charge >= 0.3 is 0 Å². The normalized spacial score (nSPS) is 14.1. The lowest BCUT2D eigenvalue weighted by molar-refractivity contribution is 0.215. The number of benzene rings is 2. The molecule has 0 saturated carbocycles. The van der Waals surface area contributed by atoms with Gasteiger partial charge in [0.15, 0.2) is 0 Å². The van der Waals surface area contributed by atoms with Gasteiger partial charge in [0.25, 0.3) is 0 Å². The van der Waals surface area contributed by atoms with Gasteiger partial charge in [0.2, 0.25) is 16.6 Å². The maximum absolute atomic E-state index is 9.81. The van der Waals surface area contributed by atoms with E-state index in [1.165, 1.54) is 0 Å². The van der Waals surface area contributed by atoms with Crippen LogP contribution in [0, 0.1) is 0 Å². The van der Waals surface area contributed by atoms with Crippen molar-refractivity contribution in [3.8, 4) is 23.0 Å². The van der Waals surface area contributed by atoms with Crippen LogP contribution in [0.2, 0.25) is 26.2 Å². The van der Waals surface area contributed by atoms with Crippen molar-refractivity contribution in [3.05, 3.63) is 48.5 Å². The highest BCUT2D eigenvalue weighted by atomic mass is 28.4. The van der Waals surface area contributed by atoms with Crippen molar-refractivity contribution in [1.82, 2.24) is 0 Å². The molecule has 2 aromatic rings. The van der Waals surface area contributed by atoms with Crippen LogP contribution in [-0.4, -0.2) is 38.3 Å². The van der Waals surface area contributed by atoms with E-state index in [2.05, 4.69) is 40.0 Å². The molecule has 0 amide bonds. The Hall–Kier alpha value is -1.97. The van der Waals surface area contributed by atoms with Gasteiger partial charge in [0.05, 0.1) is 0 Å². The Labute approximate surface area is 189 Å². The standard InChI is InChI=1S/C24H38O5Si2/c1-7-11-23(27-21-15-9-13-19(25)17-21)30(3,4)29-31(5,6)24(12-8-2)28-22-16-10-14-20(26)18-22/h9-10,13-18,23-26H,7-8,11-12H2,1-6H3. The summed E-state index contributed by atoms with van der Waals surface area (Å²) in [5, 5.41) is 19.6. The van der Waals surface area contributed by atoms with Crippen molar-refractivity contribution in [3.63, 3.8) is 0 Å². The minimum atomic E-state index is -2.28. The molecular formula is C24H38O5Si2. The summed E-state index contributed by atoms with van der Waals surface area (Å²) in [7, 11) is -4.56. The lowest BCUT2D eigenvalue weighted by atomic mass is 10.3. The second-order valence-electron chi connectivity index (χ2n) is 9.09. The maximum atomic E-state index is 9.81. The van der Waals surface area contributed by atoms with Gasteiger partial charge in [-0.1, -0.05) is 38.8 Å². The van der Waals surface area contributed by atoms with E-state index in [1.54, 1.807) is 36.4 Å². The van der Waals surface area contributed by atoms with Crippen LogP contribution in [0.15, 0.2) is 48.5 Å². The van der Waals surface area contributed by atoms with E-state index in [4.69, 9.17) is 13.6 Å². The van der Waals surface area contributed by atoms with Crippen LogP contribution < -0.4 is 9.47 Å². The largest absolute Gasteiger partial charge is 0.508 e. The summed E-state index contributed by atoms with van der Waals surface area (Å²) >= 11 is 0. The summed E-state index contributed by atoms with van der Waals surface area (Å²) in [6, 6.07) is 13.9. The van der Waals surface area contributed by atoms with Crippen LogP contribution >= 0.6 is 0 Å². The summed E-state index contributed by atoms with van der Waals surface area (Å²) in [4.78, 5) is 0. The zero-order chi connectivity index (χ0) is 23.1. The summed E-state index contributed by atoms with van der Waals surface area (Å²) in [6.07, 6.45) is 3.77. The quantitative estimate of drug-likeness (QED) is 0.357. The first-order chi connectivity index (χ1) is 14.6. The first kappa shape index (κ1) is 25.3. The van der Waals surface area contributed by atoms with Crippen molar-refractivity contribution in [2.45, 2.75) is 77.2 Å². The highest BCUT2D eigenvalue weighted by molar-refractivity contribution is 6.86. The molecule has 0 aromatic heterocycles. The maximum Gasteiger partial charge on any atom is 0.217 e. The highest BCUT2D eigenvalue weighted by Gasteiger charge is 2.45. The van der Waals surface area contributed by atoms with E-state index in [1.807, 2.05) is 12.1 Å². The number of aromatic hydroxyl groups is 2. The molecular weight excluding hydrogens is 424 g/mol. The van der Waals surface area contributed by atoms with E-state index >= 15 is 0 Å². The number of rotatable bonds is 12. The van der Waals surface area contributed by atoms with Gasteiger partial charge in [-0.15, -0.1) is 0 Å². The van der Waals surface area contributed by atoms with Crippen molar-refractivity contribution in [2.75, 3.05) is 0 Å². The predicted octanol–water partition coefficient (Wildman–Crippen LogP) is 6.40. The zero-order valence-electron chi connectivity index (χ0n) is 19.7. The van der Waals surface area contributed by atoms with Crippen LogP contribution in [-0.2, 0) is 4.12 Å². The van der Waals surface area contributed by atoms with Gasteiger partial charge in [-0.05, 0) is 63.3 Å². The molecule has 172 valence electrons. The molecule has 0 spiro atoms. The second kappa shape index (κ2) is 11.1. The van der Waals surface area contributed by atoms with Crippen molar-refractivity contribution >= 4 is 16.6 Å². The third-order valence-electron chi connectivity index (χ3n) is 5.37. The van der Waals surface area contributed by atoms with Crippen molar-refractivity contribution in [1.29, 1.82) is 0 Å². The molecule has 0 aliphatic carbocycles. The molecule has 2 N–H and O–H groups in total. The van der Waals surface area contributed by atoms with Crippen LogP contribution in [0.1, 0.15) is 39.5 Å². The van der Waals surface area contributed by atoms with Gasteiger partial charge in [0.1, 0.15) is 34.5 Å². The molecule has 0 radical (unpaired) electrons. The van der Waals surface area contributed by atoms with E-state index in [9.17, 15) is 10.2 Å².